The van der Waals surface area contributed by atoms with E-state index in [1.807, 2.05) is 20.8 Å². The molecule has 0 saturated carbocycles. The van der Waals surface area contributed by atoms with Crippen LogP contribution in [-0.2, 0) is 5.54 Å². The lowest BCUT2D eigenvalue weighted by molar-refractivity contribution is 0.0991. The Morgan fingerprint density at radius 3 is 2.46 bits per heavy atom. The zero-order chi connectivity index (χ0) is 18.9. The predicted molar refractivity (Wildman–Crippen MR) is 92.8 cm³/mol. The molecule has 2 aromatic heterocycles. The molecule has 134 valence electrons. The van der Waals surface area contributed by atoms with Gasteiger partial charge in [0.1, 0.15) is 5.69 Å². The third-order valence-electron chi connectivity index (χ3n) is 3.46. The first-order valence-electron chi connectivity index (χ1n) is 7.82. The Labute approximate surface area is 149 Å². The van der Waals surface area contributed by atoms with Crippen molar-refractivity contribution in [2.45, 2.75) is 26.3 Å². The standard InChI is InChI=1S/C16H18N8O2/c1-16(2,3)24-21-14(19-22-24)15(26)18-10-6-4-5-7-12(10)23-9-8-11(20-23)13(17)25/h4-9H,1-3H3,(H2,17,25)(H,18,26). The van der Waals surface area contributed by atoms with Crippen LogP contribution in [0.5, 0.6) is 0 Å². The lowest BCUT2D eigenvalue weighted by Crippen LogP contribution is -2.25. The van der Waals surface area contributed by atoms with E-state index in [2.05, 4.69) is 25.8 Å². The number of nitrogens with zero attached hydrogens (tertiary/aromatic N) is 6. The van der Waals surface area contributed by atoms with E-state index in [9.17, 15) is 9.59 Å². The van der Waals surface area contributed by atoms with Crippen molar-refractivity contribution in [1.82, 2.24) is 30.0 Å². The van der Waals surface area contributed by atoms with Gasteiger partial charge < -0.3 is 11.1 Å². The minimum absolute atomic E-state index is 0.0481. The smallest absolute Gasteiger partial charge is 0.297 e. The first-order chi connectivity index (χ1) is 12.3. The molecule has 0 unspecified atom stereocenters. The van der Waals surface area contributed by atoms with Crippen LogP contribution in [0.3, 0.4) is 0 Å². The minimum Gasteiger partial charge on any atom is -0.364 e. The molecule has 2 amide bonds. The van der Waals surface area contributed by atoms with Crippen molar-refractivity contribution in [1.29, 1.82) is 0 Å². The molecular weight excluding hydrogens is 336 g/mol. The largest absolute Gasteiger partial charge is 0.364 e. The number of hydrogen-bond donors (Lipinski definition) is 2. The predicted octanol–water partition coefficient (Wildman–Crippen LogP) is 0.965. The first-order valence-corrected chi connectivity index (χ1v) is 7.82. The molecule has 1 aromatic carbocycles. The highest BCUT2D eigenvalue weighted by atomic mass is 16.2. The van der Waals surface area contributed by atoms with Crippen LogP contribution in [0, 0.1) is 0 Å². The lowest BCUT2D eigenvalue weighted by Gasteiger charge is -2.15. The second-order valence-electron chi connectivity index (χ2n) is 6.55. The summed E-state index contributed by atoms with van der Waals surface area (Å²) in [4.78, 5) is 25.1. The average molecular weight is 354 g/mol. The molecule has 3 aromatic rings. The summed E-state index contributed by atoms with van der Waals surface area (Å²) >= 11 is 0. The SMILES string of the molecule is CC(C)(C)n1nnc(C(=O)Nc2ccccc2-n2ccc(C(N)=O)n2)n1. The van der Waals surface area contributed by atoms with Crippen molar-refractivity contribution < 1.29 is 9.59 Å². The third kappa shape index (κ3) is 3.43. The van der Waals surface area contributed by atoms with Gasteiger partial charge in [-0.05, 0) is 44.2 Å². The first kappa shape index (κ1) is 17.3. The number of carbonyl (C=O) groups is 2. The minimum atomic E-state index is -0.631. The van der Waals surface area contributed by atoms with Crippen LogP contribution in [0.15, 0.2) is 36.5 Å². The fourth-order valence-electron chi connectivity index (χ4n) is 2.14. The van der Waals surface area contributed by atoms with Crippen molar-refractivity contribution in [2.75, 3.05) is 5.32 Å². The molecule has 10 nitrogen and oxygen atoms in total. The Morgan fingerprint density at radius 2 is 1.85 bits per heavy atom. The van der Waals surface area contributed by atoms with Crippen molar-refractivity contribution in [3.8, 4) is 5.69 Å². The number of hydrogen-bond acceptors (Lipinski definition) is 6. The molecular formula is C16H18N8O2. The Bertz CT molecular complexity index is 967. The maximum absolute atomic E-state index is 12.5. The van der Waals surface area contributed by atoms with Gasteiger partial charge >= 0.3 is 0 Å². The number of anilines is 1. The molecule has 10 heteroatoms. The number of nitrogens with one attached hydrogen (secondary N) is 1. The van der Waals surface area contributed by atoms with Crippen molar-refractivity contribution >= 4 is 17.5 Å². The number of carbonyl (C=O) groups excluding carboxylic acids is 2. The highest BCUT2D eigenvalue weighted by Gasteiger charge is 2.21. The molecule has 0 spiro atoms. The molecule has 0 bridgehead atoms. The van der Waals surface area contributed by atoms with E-state index < -0.39 is 11.8 Å². The molecule has 3 N–H and O–H groups in total. The van der Waals surface area contributed by atoms with Gasteiger partial charge in [0.15, 0.2) is 0 Å². The maximum atomic E-state index is 12.5. The number of para-hydroxylation sites is 2. The summed E-state index contributed by atoms with van der Waals surface area (Å²) in [6.07, 6.45) is 1.58. The molecule has 0 fully saturated rings. The molecule has 3 rings (SSSR count). The van der Waals surface area contributed by atoms with Crippen LogP contribution in [0.2, 0.25) is 0 Å². The summed E-state index contributed by atoms with van der Waals surface area (Å²) in [6.45, 7) is 5.71. The van der Waals surface area contributed by atoms with Crippen LogP contribution in [0.1, 0.15) is 41.9 Å². The van der Waals surface area contributed by atoms with Crippen molar-refractivity contribution in [3.05, 3.63) is 48.0 Å². The number of nitrogens with two attached hydrogens (primary N) is 1. The van der Waals surface area contributed by atoms with Gasteiger partial charge in [-0.2, -0.15) is 9.90 Å². The van der Waals surface area contributed by atoms with Gasteiger partial charge in [-0.1, -0.05) is 12.1 Å². The maximum Gasteiger partial charge on any atom is 0.297 e. The highest BCUT2D eigenvalue weighted by Crippen LogP contribution is 2.20. The highest BCUT2D eigenvalue weighted by molar-refractivity contribution is 6.02. The molecule has 2 heterocycles. The zero-order valence-electron chi connectivity index (χ0n) is 14.5. The van der Waals surface area contributed by atoms with Gasteiger partial charge in [-0.15, -0.1) is 10.2 Å². The zero-order valence-corrected chi connectivity index (χ0v) is 14.5. The summed E-state index contributed by atoms with van der Waals surface area (Å²) in [6, 6.07) is 8.49. The summed E-state index contributed by atoms with van der Waals surface area (Å²) < 4.78 is 1.45. The normalized spacial score (nSPS) is 11.3. The topological polar surface area (TPSA) is 134 Å². The second-order valence-corrected chi connectivity index (χ2v) is 6.55. The fourth-order valence-corrected chi connectivity index (χ4v) is 2.14. The Balaban J connectivity index is 1.87. The quantitative estimate of drug-likeness (QED) is 0.717. The van der Waals surface area contributed by atoms with E-state index in [4.69, 9.17) is 5.73 Å². The Kier molecular flexibility index (Phi) is 4.24. The number of benzene rings is 1. The van der Waals surface area contributed by atoms with Gasteiger partial charge in [0.2, 0.25) is 0 Å². The molecule has 0 saturated heterocycles. The summed E-state index contributed by atoms with van der Waals surface area (Å²) in [7, 11) is 0. The van der Waals surface area contributed by atoms with Gasteiger partial charge in [-0.25, -0.2) is 4.68 Å². The molecule has 26 heavy (non-hydrogen) atoms. The van der Waals surface area contributed by atoms with Crippen LogP contribution in [0.4, 0.5) is 5.69 Å². The van der Waals surface area contributed by atoms with Gasteiger partial charge in [0, 0.05) is 6.20 Å². The number of aromatic nitrogens is 6. The number of rotatable bonds is 4. The molecule has 0 aliphatic heterocycles. The van der Waals surface area contributed by atoms with E-state index in [-0.39, 0.29) is 17.1 Å². The van der Waals surface area contributed by atoms with Crippen LogP contribution in [0.25, 0.3) is 5.69 Å². The van der Waals surface area contributed by atoms with E-state index in [1.54, 1.807) is 30.5 Å². The van der Waals surface area contributed by atoms with E-state index >= 15 is 0 Å². The summed E-state index contributed by atoms with van der Waals surface area (Å²) in [5, 5.41) is 18.6. The number of tetrazole rings is 1. The summed E-state index contributed by atoms with van der Waals surface area (Å²) in [5.41, 5.74) is 6.01. The van der Waals surface area contributed by atoms with E-state index in [0.717, 1.165) is 0 Å². The molecule has 0 aliphatic carbocycles. The van der Waals surface area contributed by atoms with Gasteiger partial charge in [0.05, 0.1) is 16.9 Å². The van der Waals surface area contributed by atoms with Crippen LogP contribution in [-0.4, -0.2) is 41.8 Å². The van der Waals surface area contributed by atoms with Crippen molar-refractivity contribution in [3.63, 3.8) is 0 Å². The second kappa shape index (κ2) is 6.39. The van der Waals surface area contributed by atoms with Crippen LogP contribution < -0.4 is 11.1 Å². The number of primary amides is 1. The molecule has 0 radical (unpaired) electrons. The lowest BCUT2D eigenvalue weighted by atomic mass is 10.1. The molecule has 0 atom stereocenters. The summed E-state index contributed by atoms with van der Waals surface area (Å²) in [5.74, 6) is -1.18. The van der Waals surface area contributed by atoms with Gasteiger partial charge in [-0.3, -0.25) is 9.59 Å². The van der Waals surface area contributed by atoms with E-state index in [1.165, 1.54) is 15.5 Å². The van der Waals surface area contributed by atoms with Crippen molar-refractivity contribution in [2.24, 2.45) is 5.73 Å². The van der Waals surface area contributed by atoms with E-state index in [0.29, 0.717) is 11.4 Å². The number of amides is 2. The third-order valence-corrected chi connectivity index (χ3v) is 3.46. The van der Waals surface area contributed by atoms with Gasteiger partial charge in [0.25, 0.3) is 17.6 Å². The Hall–Kier alpha value is -3.56. The monoisotopic (exact) mass is 354 g/mol. The average Bonchev–Trinajstić information content (AvgIpc) is 3.25. The fraction of sp³-hybridized carbons (Fsp3) is 0.250. The Morgan fingerprint density at radius 1 is 1.12 bits per heavy atom. The van der Waals surface area contributed by atoms with Crippen LogP contribution >= 0.6 is 0 Å². The molecule has 0 aliphatic rings.